The lowest BCUT2D eigenvalue weighted by molar-refractivity contribution is 0.288. The van der Waals surface area contributed by atoms with Crippen LogP contribution in [-0.4, -0.2) is 13.7 Å². The quantitative estimate of drug-likeness (QED) is 0.626. The van der Waals surface area contributed by atoms with Crippen LogP contribution in [0.2, 0.25) is 5.02 Å². The number of terminal acetylenes is 1. The summed E-state index contributed by atoms with van der Waals surface area (Å²) in [6.45, 7) is 0.886. The van der Waals surface area contributed by atoms with E-state index in [2.05, 4.69) is 5.92 Å². The number of nitrogens with two attached hydrogens (primary N) is 1. The van der Waals surface area contributed by atoms with Gasteiger partial charge in [0.2, 0.25) is 0 Å². The van der Waals surface area contributed by atoms with Crippen molar-refractivity contribution in [2.75, 3.05) is 13.7 Å². The van der Waals surface area contributed by atoms with E-state index in [4.69, 9.17) is 33.2 Å². The molecule has 0 amide bonds. The standard InChI is InChI=1S/C13H16ClNO2/c1-3-4-5-6-17-13-10(9-15)7-11(14)8-12(13)16-2/h1,7-8H,4-6,9,15H2,2H3. The van der Waals surface area contributed by atoms with Crippen LogP contribution in [0.3, 0.4) is 0 Å². The van der Waals surface area contributed by atoms with E-state index in [-0.39, 0.29) is 0 Å². The topological polar surface area (TPSA) is 44.5 Å². The molecule has 0 bridgehead atoms. The predicted molar refractivity (Wildman–Crippen MR) is 69.5 cm³/mol. The number of halogens is 1. The SMILES string of the molecule is C#CCCCOc1c(CN)cc(Cl)cc1OC. The Morgan fingerprint density at radius 1 is 1.47 bits per heavy atom. The molecule has 0 spiro atoms. The van der Waals surface area contributed by atoms with Crippen LogP contribution in [0.15, 0.2) is 12.1 Å². The highest BCUT2D eigenvalue weighted by molar-refractivity contribution is 6.30. The van der Waals surface area contributed by atoms with Gasteiger partial charge in [0.05, 0.1) is 13.7 Å². The normalized spacial score (nSPS) is 9.76. The smallest absolute Gasteiger partial charge is 0.165 e. The Hall–Kier alpha value is -1.37. The Bertz CT molecular complexity index is 387. The van der Waals surface area contributed by atoms with Crippen LogP contribution in [0.5, 0.6) is 11.5 Å². The van der Waals surface area contributed by atoms with Gasteiger partial charge >= 0.3 is 0 Å². The van der Waals surface area contributed by atoms with Crippen molar-refractivity contribution < 1.29 is 9.47 Å². The lowest BCUT2D eigenvalue weighted by Crippen LogP contribution is -2.05. The molecule has 3 nitrogen and oxygen atoms in total. The third kappa shape index (κ3) is 3.85. The zero-order chi connectivity index (χ0) is 12.7. The molecule has 17 heavy (non-hydrogen) atoms. The van der Waals surface area contributed by atoms with Crippen LogP contribution in [0.25, 0.3) is 0 Å². The number of benzene rings is 1. The van der Waals surface area contributed by atoms with E-state index >= 15 is 0 Å². The van der Waals surface area contributed by atoms with Gasteiger partial charge in [-0.15, -0.1) is 12.3 Å². The van der Waals surface area contributed by atoms with Crippen LogP contribution >= 0.6 is 11.6 Å². The molecule has 4 heteroatoms. The molecule has 0 heterocycles. The number of unbranched alkanes of at least 4 members (excludes halogenated alkanes) is 1. The number of hydrogen-bond donors (Lipinski definition) is 1. The number of ether oxygens (including phenoxy) is 2. The van der Waals surface area contributed by atoms with Crippen LogP contribution in [0, 0.1) is 12.3 Å². The van der Waals surface area contributed by atoms with Crippen molar-refractivity contribution in [3.8, 4) is 23.8 Å². The molecule has 0 aromatic heterocycles. The second kappa shape index (κ2) is 7.05. The molecule has 0 saturated heterocycles. The minimum Gasteiger partial charge on any atom is -0.493 e. The van der Waals surface area contributed by atoms with Crippen LogP contribution < -0.4 is 15.2 Å². The van der Waals surface area contributed by atoms with Gasteiger partial charge in [0.25, 0.3) is 0 Å². The molecular formula is C13H16ClNO2. The van der Waals surface area contributed by atoms with Gasteiger partial charge in [-0.1, -0.05) is 11.6 Å². The fraction of sp³-hybridized carbons (Fsp3) is 0.385. The molecule has 1 aromatic carbocycles. The lowest BCUT2D eigenvalue weighted by Gasteiger charge is -2.14. The summed E-state index contributed by atoms with van der Waals surface area (Å²) >= 11 is 5.95. The molecule has 0 fully saturated rings. The molecule has 0 unspecified atom stereocenters. The van der Waals surface area contributed by atoms with Crippen molar-refractivity contribution >= 4 is 11.6 Å². The summed E-state index contributed by atoms with van der Waals surface area (Å²) in [6, 6.07) is 3.48. The summed E-state index contributed by atoms with van der Waals surface area (Å²) in [5.74, 6) is 3.81. The monoisotopic (exact) mass is 253 g/mol. The summed E-state index contributed by atoms with van der Waals surface area (Å²) < 4.78 is 10.9. The molecule has 0 aliphatic carbocycles. The molecular weight excluding hydrogens is 238 g/mol. The molecule has 0 atom stereocenters. The highest BCUT2D eigenvalue weighted by Crippen LogP contribution is 2.34. The minimum atomic E-state index is 0.349. The van der Waals surface area contributed by atoms with E-state index in [9.17, 15) is 0 Å². The van der Waals surface area contributed by atoms with Crippen molar-refractivity contribution in [2.45, 2.75) is 19.4 Å². The Labute approximate surface area is 107 Å². The third-order valence-electron chi connectivity index (χ3n) is 2.25. The third-order valence-corrected chi connectivity index (χ3v) is 2.47. The Kier molecular flexibility index (Phi) is 5.68. The first kappa shape index (κ1) is 13.7. The lowest BCUT2D eigenvalue weighted by atomic mass is 10.2. The molecule has 1 rings (SSSR count). The molecule has 0 aliphatic rings. The Balaban J connectivity index is 2.84. The summed E-state index contributed by atoms with van der Waals surface area (Å²) in [4.78, 5) is 0. The molecule has 0 aliphatic heterocycles. The molecule has 92 valence electrons. The minimum absolute atomic E-state index is 0.349. The Morgan fingerprint density at radius 3 is 2.82 bits per heavy atom. The summed E-state index contributed by atoms with van der Waals surface area (Å²) in [7, 11) is 1.57. The van der Waals surface area contributed by atoms with E-state index in [0.29, 0.717) is 36.1 Å². The first-order chi connectivity index (χ1) is 8.22. The van der Waals surface area contributed by atoms with Gasteiger partial charge in [-0.05, 0) is 12.5 Å². The average molecular weight is 254 g/mol. The van der Waals surface area contributed by atoms with Gasteiger partial charge in [0.15, 0.2) is 11.5 Å². The zero-order valence-corrected chi connectivity index (χ0v) is 10.6. The second-order valence-corrected chi connectivity index (χ2v) is 3.89. The van der Waals surface area contributed by atoms with Gasteiger partial charge in [-0.3, -0.25) is 0 Å². The molecule has 1 aromatic rings. The van der Waals surface area contributed by atoms with Gasteiger partial charge in [0.1, 0.15) is 0 Å². The largest absolute Gasteiger partial charge is 0.493 e. The first-order valence-electron chi connectivity index (χ1n) is 5.35. The average Bonchev–Trinajstić information content (AvgIpc) is 2.35. The van der Waals surface area contributed by atoms with Gasteiger partial charge in [0, 0.05) is 29.6 Å². The predicted octanol–water partition coefficient (Wildman–Crippen LogP) is 2.60. The van der Waals surface area contributed by atoms with Gasteiger partial charge < -0.3 is 15.2 Å². The zero-order valence-electron chi connectivity index (χ0n) is 9.83. The number of rotatable bonds is 6. The summed E-state index contributed by atoms with van der Waals surface area (Å²) in [6.07, 6.45) is 6.66. The van der Waals surface area contributed by atoms with Crippen molar-refractivity contribution in [1.29, 1.82) is 0 Å². The highest BCUT2D eigenvalue weighted by atomic mass is 35.5. The first-order valence-corrected chi connectivity index (χ1v) is 5.73. The maximum atomic E-state index is 5.95. The van der Waals surface area contributed by atoms with E-state index in [1.165, 1.54) is 0 Å². The number of hydrogen-bond acceptors (Lipinski definition) is 3. The van der Waals surface area contributed by atoms with Crippen molar-refractivity contribution in [1.82, 2.24) is 0 Å². The van der Waals surface area contributed by atoms with E-state index in [0.717, 1.165) is 12.0 Å². The van der Waals surface area contributed by atoms with Crippen molar-refractivity contribution in [3.63, 3.8) is 0 Å². The van der Waals surface area contributed by atoms with E-state index in [1.54, 1.807) is 19.2 Å². The molecule has 2 N–H and O–H groups in total. The fourth-order valence-electron chi connectivity index (χ4n) is 1.44. The Morgan fingerprint density at radius 2 is 2.24 bits per heavy atom. The molecule has 0 radical (unpaired) electrons. The summed E-state index contributed by atoms with van der Waals surface area (Å²) in [5, 5.41) is 0.582. The van der Waals surface area contributed by atoms with Crippen LogP contribution in [-0.2, 0) is 6.54 Å². The molecule has 0 saturated carbocycles. The fourth-order valence-corrected chi connectivity index (χ4v) is 1.67. The highest BCUT2D eigenvalue weighted by Gasteiger charge is 2.11. The van der Waals surface area contributed by atoms with Crippen molar-refractivity contribution in [3.05, 3.63) is 22.7 Å². The second-order valence-electron chi connectivity index (χ2n) is 3.46. The van der Waals surface area contributed by atoms with Crippen LogP contribution in [0.4, 0.5) is 0 Å². The maximum Gasteiger partial charge on any atom is 0.165 e. The van der Waals surface area contributed by atoms with E-state index < -0.39 is 0 Å². The van der Waals surface area contributed by atoms with Gasteiger partial charge in [-0.25, -0.2) is 0 Å². The maximum absolute atomic E-state index is 5.95. The summed E-state index contributed by atoms with van der Waals surface area (Å²) in [5.41, 5.74) is 6.48. The van der Waals surface area contributed by atoms with Crippen LogP contribution in [0.1, 0.15) is 18.4 Å². The van der Waals surface area contributed by atoms with Crippen molar-refractivity contribution in [2.24, 2.45) is 5.73 Å². The van der Waals surface area contributed by atoms with E-state index in [1.807, 2.05) is 0 Å². The van der Waals surface area contributed by atoms with Gasteiger partial charge in [-0.2, -0.15) is 0 Å². The number of methoxy groups -OCH3 is 1.